The molecule has 19 heavy (non-hydrogen) atoms. The molecule has 4 heteroatoms. The molecule has 1 heterocycles. The van der Waals surface area contributed by atoms with E-state index in [-0.39, 0.29) is 0 Å². The van der Waals surface area contributed by atoms with Crippen LogP contribution in [0.15, 0.2) is 30.5 Å². The fourth-order valence-electron chi connectivity index (χ4n) is 1.93. The fraction of sp³-hybridized carbons (Fsp3) is 0.333. The Kier molecular flexibility index (Phi) is 4.71. The lowest BCUT2D eigenvalue weighted by molar-refractivity contribution is 0.144. The minimum absolute atomic E-state index is 0.461. The molecule has 0 saturated heterocycles. The third-order valence-electron chi connectivity index (χ3n) is 2.81. The molecule has 0 aliphatic heterocycles. The summed E-state index contributed by atoms with van der Waals surface area (Å²) in [7, 11) is 0. The van der Waals surface area contributed by atoms with Crippen molar-refractivity contribution in [1.82, 2.24) is 4.98 Å². The molecule has 98 valence electrons. The van der Waals surface area contributed by atoms with Gasteiger partial charge in [-0.3, -0.25) is 0 Å². The average molecular weight is 255 g/mol. The Morgan fingerprint density at radius 3 is 2.79 bits per heavy atom. The lowest BCUT2D eigenvalue weighted by Crippen LogP contribution is -2.10. The molecule has 2 aromatic rings. The molecule has 0 radical (unpaired) electrons. The van der Waals surface area contributed by atoms with Gasteiger partial charge in [-0.25, -0.2) is 4.98 Å². The molecule has 1 aromatic carbocycles. The second-order valence-electron chi connectivity index (χ2n) is 4.22. The number of pyridine rings is 1. The van der Waals surface area contributed by atoms with E-state index in [1.165, 1.54) is 0 Å². The predicted molar refractivity (Wildman–Crippen MR) is 76.1 cm³/mol. The summed E-state index contributed by atoms with van der Waals surface area (Å²) in [6.07, 6.45) is 2.74. The zero-order chi connectivity index (χ0) is 13.5. The molecular formula is C15H17N3O. The van der Waals surface area contributed by atoms with Crippen LogP contribution in [0.3, 0.4) is 0 Å². The summed E-state index contributed by atoms with van der Waals surface area (Å²) in [5.41, 5.74) is 1.40. The zero-order valence-electron chi connectivity index (χ0n) is 11.0. The van der Waals surface area contributed by atoms with Crippen LogP contribution in [0.2, 0.25) is 0 Å². The number of hydrogen-bond acceptors (Lipinski definition) is 4. The van der Waals surface area contributed by atoms with Crippen LogP contribution in [-0.4, -0.2) is 24.7 Å². The van der Waals surface area contributed by atoms with E-state index in [1.54, 1.807) is 6.20 Å². The van der Waals surface area contributed by atoms with Crippen LogP contribution in [0, 0.1) is 11.3 Å². The topological polar surface area (TPSA) is 57.9 Å². The van der Waals surface area contributed by atoms with Crippen LogP contribution in [0.5, 0.6) is 0 Å². The largest absolute Gasteiger partial charge is 0.381 e. The molecule has 0 bridgehead atoms. The molecule has 0 amide bonds. The van der Waals surface area contributed by atoms with Gasteiger partial charge in [-0.2, -0.15) is 5.26 Å². The number of nitrogens with one attached hydrogen (secondary N) is 1. The van der Waals surface area contributed by atoms with E-state index >= 15 is 0 Å². The van der Waals surface area contributed by atoms with Crippen molar-refractivity contribution >= 4 is 16.5 Å². The first-order valence-electron chi connectivity index (χ1n) is 6.46. The number of ether oxygens (including phenoxy) is 1. The molecule has 1 aromatic heterocycles. The van der Waals surface area contributed by atoms with Crippen LogP contribution in [0.1, 0.15) is 19.0 Å². The van der Waals surface area contributed by atoms with Gasteiger partial charge in [0.05, 0.1) is 18.5 Å². The van der Waals surface area contributed by atoms with Gasteiger partial charge in [-0.05, 0) is 6.42 Å². The Morgan fingerprint density at radius 1 is 1.26 bits per heavy atom. The highest BCUT2D eigenvalue weighted by molar-refractivity contribution is 5.95. The molecular weight excluding hydrogens is 238 g/mol. The second-order valence-corrected chi connectivity index (χ2v) is 4.22. The summed E-state index contributed by atoms with van der Waals surface area (Å²) < 4.78 is 5.43. The number of benzene rings is 1. The smallest absolute Gasteiger partial charge is 0.148 e. The Morgan fingerprint density at radius 2 is 2.05 bits per heavy atom. The van der Waals surface area contributed by atoms with Crippen molar-refractivity contribution in [1.29, 1.82) is 5.26 Å². The van der Waals surface area contributed by atoms with Crippen molar-refractivity contribution in [2.45, 2.75) is 13.3 Å². The Labute approximate surface area is 113 Å². The van der Waals surface area contributed by atoms with Crippen LogP contribution in [-0.2, 0) is 4.74 Å². The number of nitriles is 1. The molecule has 0 aliphatic carbocycles. The van der Waals surface area contributed by atoms with Crippen LogP contribution in [0.25, 0.3) is 10.8 Å². The summed E-state index contributed by atoms with van der Waals surface area (Å²) in [4.78, 5) is 4.18. The van der Waals surface area contributed by atoms with Crippen molar-refractivity contribution in [3.8, 4) is 6.07 Å². The highest BCUT2D eigenvalue weighted by atomic mass is 16.5. The van der Waals surface area contributed by atoms with E-state index < -0.39 is 0 Å². The molecule has 0 aliphatic rings. The predicted octanol–water partition coefficient (Wildman–Crippen LogP) is 2.94. The number of nitrogens with zero attached hydrogens (tertiary/aromatic N) is 2. The van der Waals surface area contributed by atoms with E-state index in [2.05, 4.69) is 23.3 Å². The molecule has 0 unspecified atom stereocenters. The third-order valence-corrected chi connectivity index (χ3v) is 2.81. The van der Waals surface area contributed by atoms with Crippen molar-refractivity contribution in [3.63, 3.8) is 0 Å². The maximum atomic E-state index is 9.05. The fourth-order valence-corrected chi connectivity index (χ4v) is 1.93. The third kappa shape index (κ3) is 3.21. The summed E-state index contributed by atoms with van der Waals surface area (Å²) in [6, 6.07) is 9.90. The molecule has 4 nitrogen and oxygen atoms in total. The number of hydrogen-bond donors (Lipinski definition) is 1. The molecule has 0 fully saturated rings. The monoisotopic (exact) mass is 255 g/mol. The maximum Gasteiger partial charge on any atom is 0.148 e. The Bertz CT molecular complexity index is 589. The van der Waals surface area contributed by atoms with Crippen molar-refractivity contribution in [2.24, 2.45) is 0 Å². The van der Waals surface area contributed by atoms with Crippen LogP contribution >= 0.6 is 0 Å². The van der Waals surface area contributed by atoms with Gasteiger partial charge in [0.25, 0.3) is 0 Å². The van der Waals surface area contributed by atoms with Crippen molar-refractivity contribution < 1.29 is 4.74 Å². The zero-order valence-corrected chi connectivity index (χ0v) is 11.0. The van der Waals surface area contributed by atoms with Gasteiger partial charge >= 0.3 is 0 Å². The van der Waals surface area contributed by atoms with Gasteiger partial charge < -0.3 is 10.1 Å². The normalized spacial score (nSPS) is 10.3. The van der Waals surface area contributed by atoms with Gasteiger partial charge in [0.2, 0.25) is 0 Å². The quantitative estimate of drug-likeness (QED) is 0.806. The van der Waals surface area contributed by atoms with Gasteiger partial charge in [0.1, 0.15) is 11.8 Å². The van der Waals surface area contributed by atoms with Crippen LogP contribution < -0.4 is 5.32 Å². The standard InChI is InChI=1S/C15H17N3O/c1-2-8-19-9-7-17-15-11-18-14(10-16)12-5-3-4-6-13(12)15/h3-6,11,17H,2,7-9H2,1H3. The summed E-state index contributed by atoms with van der Waals surface area (Å²) in [5, 5.41) is 14.2. The summed E-state index contributed by atoms with van der Waals surface area (Å²) in [6.45, 7) is 4.28. The Balaban J connectivity index is 2.14. The van der Waals surface area contributed by atoms with Crippen LogP contribution in [0.4, 0.5) is 5.69 Å². The van der Waals surface area contributed by atoms with E-state index in [1.807, 2.05) is 24.3 Å². The number of fused-ring (bicyclic) bond motifs is 1. The van der Waals surface area contributed by atoms with Gasteiger partial charge in [-0.15, -0.1) is 0 Å². The first-order chi connectivity index (χ1) is 9.36. The first kappa shape index (κ1) is 13.3. The van der Waals surface area contributed by atoms with Gasteiger partial charge in [0.15, 0.2) is 0 Å². The van der Waals surface area contributed by atoms with Gasteiger partial charge in [0, 0.05) is 23.9 Å². The molecule has 0 saturated carbocycles. The lowest BCUT2D eigenvalue weighted by atomic mass is 10.1. The number of anilines is 1. The van der Waals surface area contributed by atoms with E-state index in [9.17, 15) is 0 Å². The van der Waals surface area contributed by atoms with E-state index in [4.69, 9.17) is 10.00 Å². The minimum Gasteiger partial charge on any atom is -0.381 e. The first-order valence-corrected chi connectivity index (χ1v) is 6.46. The summed E-state index contributed by atoms with van der Waals surface area (Å²) in [5.74, 6) is 0. The Hall–Kier alpha value is -2.12. The molecule has 0 atom stereocenters. The maximum absolute atomic E-state index is 9.05. The second kappa shape index (κ2) is 6.72. The highest BCUT2D eigenvalue weighted by Gasteiger charge is 2.05. The summed E-state index contributed by atoms with van der Waals surface area (Å²) >= 11 is 0. The van der Waals surface area contributed by atoms with E-state index in [0.717, 1.165) is 36.0 Å². The van der Waals surface area contributed by atoms with E-state index in [0.29, 0.717) is 12.3 Å². The average Bonchev–Trinajstić information content (AvgIpc) is 2.47. The molecule has 2 rings (SSSR count). The van der Waals surface area contributed by atoms with Crippen molar-refractivity contribution in [2.75, 3.05) is 25.1 Å². The SMILES string of the molecule is CCCOCCNc1cnc(C#N)c2ccccc12. The number of rotatable bonds is 6. The molecule has 0 spiro atoms. The minimum atomic E-state index is 0.461. The highest BCUT2D eigenvalue weighted by Crippen LogP contribution is 2.24. The molecule has 1 N–H and O–H groups in total. The van der Waals surface area contributed by atoms with Crippen molar-refractivity contribution in [3.05, 3.63) is 36.2 Å². The van der Waals surface area contributed by atoms with Gasteiger partial charge in [-0.1, -0.05) is 31.2 Å². The lowest BCUT2D eigenvalue weighted by Gasteiger charge is -2.10. The number of aromatic nitrogens is 1.